The predicted molar refractivity (Wildman–Crippen MR) is 84.8 cm³/mol. The van der Waals surface area contributed by atoms with Crippen molar-refractivity contribution in [2.24, 2.45) is 0 Å². The zero-order valence-corrected chi connectivity index (χ0v) is 13.3. The lowest BCUT2D eigenvalue weighted by Crippen LogP contribution is -2.48. The van der Waals surface area contributed by atoms with Crippen molar-refractivity contribution in [2.45, 2.75) is 10.9 Å². The van der Waals surface area contributed by atoms with E-state index >= 15 is 0 Å². The molecule has 0 aliphatic carbocycles. The van der Waals surface area contributed by atoms with Crippen molar-refractivity contribution in [1.82, 2.24) is 14.2 Å². The van der Waals surface area contributed by atoms with Gasteiger partial charge < -0.3 is 0 Å². The smallest absolute Gasteiger partial charge is 0.244 e. The van der Waals surface area contributed by atoms with Crippen LogP contribution in [0.5, 0.6) is 0 Å². The number of hydrogen-bond donors (Lipinski definition) is 0. The van der Waals surface area contributed by atoms with Crippen molar-refractivity contribution in [3.8, 4) is 0 Å². The molecule has 5 nitrogen and oxygen atoms in total. The quantitative estimate of drug-likeness (QED) is 0.865. The molecule has 22 heavy (non-hydrogen) atoms. The van der Waals surface area contributed by atoms with Gasteiger partial charge in [0.1, 0.15) is 4.90 Å². The molecule has 1 aromatic heterocycles. The third kappa shape index (κ3) is 2.90. The van der Waals surface area contributed by atoms with E-state index < -0.39 is 10.0 Å². The fourth-order valence-corrected chi connectivity index (χ4v) is 4.15. The van der Waals surface area contributed by atoms with Crippen LogP contribution in [0.15, 0.2) is 59.8 Å². The van der Waals surface area contributed by atoms with Crippen LogP contribution in [0, 0.1) is 0 Å². The fraction of sp³-hybridized carbons (Fsp3) is 0.312. The van der Waals surface area contributed by atoms with Crippen molar-refractivity contribution in [1.29, 1.82) is 0 Å². The second-order valence-corrected chi connectivity index (χ2v) is 7.40. The number of pyridine rings is 1. The van der Waals surface area contributed by atoms with Gasteiger partial charge in [-0.1, -0.05) is 30.3 Å². The van der Waals surface area contributed by atoms with E-state index in [9.17, 15) is 8.42 Å². The van der Waals surface area contributed by atoms with Gasteiger partial charge in [-0.2, -0.15) is 4.31 Å². The molecular formula is C16H19N3O2S. The Hall–Kier alpha value is -1.76. The molecule has 0 bridgehead atoms. The average Bonchev–Trinajstić information content (AvgIpc) is 2.57. The van der Waals surface area contributed by atoms with E-state index in [1.807, 2.05) is 37.4 Å². The van der Waals surface area contributed by atoms with Gasteiger partial charge in [0, 0.05) is 38.1 Å². The van der Waals surface area contributed by atoms with Crippen LogP contribution in [0.2, 0.25) is 0 Å². The lowest BCUT2D eigenvalue weighted by molar-refractivity contribution is 0.148. The highest BCUT2D eigenvalue weighted by molar-refractivity contribution is 7.89. The van der Waals surface area contributed by atoms with E-state index in [0.29, 0.717) is 19.6 Å². The fourth-order valence-electron chi connectivity index (χ4n) is 2.75. The van der Waals surface area contributed by atoms with Crippen LogP contribution in [0.1, 0.15) is 11.6 Å². The largest absolute Gasteiger partial charge is 0.297 e. The molecule has 6 heteroatoms. The molecule has 0 radical (unpaired) electrons. The zero-order valence-electron chi connectivity index (χ0n) is 12.5. The highest BCUT2D eigenvalue weighted by Gasteiger charge is 2.33. The van der Waals surface area contributed by atoms with Gasteiger partial charge in [-0.3, -0.25) is 9.88 Å². The zero-order chi connectivity index (χ0) is 15.6. The lowest BCUT2D eigenvalue weighted by atomic mass is 10.0. The molecule has 0 spiro atoms. The summed E-state index contributed by atoms with van der Waals surface area (Å²) < 4.78 is 27.0. The van der Waals surface area contributed by atoms with Crippen LogP contribution >= 0.6 is 0 Å². The van der Waals surface area contributed by atoms with E-state index in [1.165, 1.54) is 6.20 Å². The Balaban J connectivity index is 1.87. The van der Waals surface area contributed by atoms with Crippen molar-refractivity contribution in [3.05, 3.63) is 60.4 Å². The molecular weight excluding hydrogens is 298 g/mol. The number of hydrogen-bond acceptors (Lipinski definition) is 4. The third-order valence-corrected chi connectivity index (χ3v) is 5.92. The van der Waals surface area contributed by atoms with Gasteiger partial charge in [-0.15, -0.1) is 0 Å². The molecule has 1 aliphatic rings. The maximum atomic E-state index is 12.7. The van der Waals surface area contributed by atoms with Gasteiger partial charge in [-0.05, 0) is 24.7 Å². The van der Waals surface area contributed by atoms with Crippen LogP contribution < -0.4 is 0 Å². The Bertz CT molecular complexity index is 720. The van der Waals surface area contributed by atoms with Gasteiger partial charge in [0.05, 0.1) is 0 Å². The molecule has 2 aromatic rings. The first-order valence-corrected chi connectivity index (χ1v) is 8.68. The molecule has 116 valence electrons. The second-order valence-electron chi connectivity index (χ2n) is 5.46. The third-order valence-electron chi connectivity index (χ3n) is 4.07. The number of rotatable bonds is 3. The Morgan fingerprint density at radius 1 is 1.09 bits per heavy atom. The average molecular weight is 317 g/mol. The Morgan fingerprint density at radius 3 is 2.55 bits per heavy atom. The first-order valence-electron chi connectivity index (χ1n) is 7.24. The molecule has 0 saturated carbocycles. The van der Waals surface area contributed by atoms with Gasteiger partial charge in [0.2, 0.25) is 10.0 Å². The van der Waals surface area contributed by atoms with Gasteiger partial charge in [-0.25, -0.2) is 8.42 Å². The highest BCUT2D eigenvalue weighted by atomic mass is 32.2. The molecule has 2 heterocycles. The van der Waals surface area contributed by atoms with Gasteiger partial charge in [0.15, 0.2) is 0 Å². The molecule has 0 amide bonds. The molecule has 1 fully saturated rings. The van der Waals surface area contributed by atoms with E-state index in [0.717, 1.165) is 5.56 Å². The Labute approximate surface area is 131 Å². The van der Waals surface area contributed by atoms with E-state index in [1.54, 1.807) is 22.6 Å². The lowest BCUT2D eigenvalue weighted by Gasteiger charge is -2.38. The minimum atomic E-state index is -3.48. The van der Waals surface area contributed by atoms with E-state index in [4.69, 9.17) is 0 Å². The van der Waals surface area contributed by atoms with Gasteiger partial charge in [0.25, 0.3) is 0 Å². The molecule has 0 N–H and O–H groups in total. The minimum absolute atomic E-state index is 0.0707. The van der Waals surface area contributed by atoms with E-state index in [2.05, 4.69) is 9.88 Å². The van der Waals surface area contributed by atoms with Crippen LogP contribution in [-0.4, -0.2) is 49.3 Å². The second kappa shape index (κ2) is 6.16. The summed E-state index contributed by atoms with van der Waals surface area (Å²) in [6.45, 7) is 1.66. The topological polar surface area (TPSA) is 53.5 Å². The standard InChI is InChI=1S/C16H19N3O2S/c1-18-10-11-19(13-16(18)14-6-3-2-4-7-14)22(20,21)15-8-5-9-17-12-15/h2-9,12,16H,10-11,13H2,1H3/t16-/m1/s1. The number of aromatic nitrogens is 1. The predicted octanol–water partition coefficient (Wildman–Crippen LogP) is 1.76. The first-order chi connectivity index (χ1) is 10.6. The van der Waals surface area contributed by atoms with Crippen LogP contribution in [-0.2, 0) is 10.0 Å². The summed E-state index contributed by atoms with van der Waals surface area (Å²) in [5.74, 6) is 0. The van der Waals surface area contributed by atoms with Gasteiger partial charge >= 0.3 is 0 Å². The maximum absolute atomic E-state index is 12.7. The Kier molecular flexibility index (Phi) is 4.24. The number of nitrogens with zero attached hydrogens (tertiary/aromatic N) is 3. The first kappa shape index (κ1) is 15.1. The van der Waals surface area contributed by atoms with Crippen LogP contribution in [0.25, 0.3) is 0 Å². The van der Waals surface area contributed by atoms with Crippen LogP contribution in [0.4, 0.5) is 0 Å². The molecule has 1 aromatic carbocycles. The minimum Gasteiger partial charge on any atom is -0.297 e. The molecule has 3 rings (SSSR count). The molecule has 0 unspecified atom stereocenters. The highest BCUT2D eigenvalue weighted by Crippen LogP contribution is 2.27. The summed E-state index contributed by atoms with van der Waals surface area (Å²) >= 11 is 0. The van der Waals surface area contributed by atoms with Crippen molar-refractivity contribution in [3.63, 3.8) is 0 Å². The summed E-state index contributed by atoms with van der Waals surface area (Å²) in [4.78, 5) is 6.38. The Morgan fingerprint density at radius 2 is 1.86 bits per heavy atom. The SMILES string of the molecule is CN1CCN(S(=O)(=O)c2cccnc2)C[C@@H]1c1ccccc1. The monoisotopic (exact) mass is 317 g/mol. The summed E-state index contributed by atoms with van der Waals surface area (Å²) in [5.41, 5.74) is 1.14. The van der Waals surface area contributed by atoms with Crippen molar-refractivity contribution >= 4 is 10.0 Å². The number of piperazine rings is 1. The van der Waals surface area contributed by atoms with E-state index in [-0.39, 0.29) is 10.9 Å². The molecule has 1 aliphatic heterocycles. The number of sulfonamides is 1. The summed E-state index contributed by atoms with van der Waals surface area (Å²) in [6.07, 6.45) is 2.99. The molecule has 1 atom stereocenters. The summed E-state index contributed by atoms with van der Waals surface area (Å²) in [5, 5.41) is 0. The number of benzene rings is 1. The summed E-state index contributed by atoms with van der Waals surface area (Å²) in [7, 11) is -1.45. The van der Waals surface area contributed by atoms with Crippen molar-refractivity contribution in [2.75, 3.05) is 26.7 Å². The normalized spacial score (nSPS) is 20.9. The van der Waals surface area contributed by atoms with Crippen molar-refractivity contribution < 1.29 is 8.42 Å². The summed E-state index contributed by atoms with van der Waals surface area (Å²) in [6, 6.07) is 13.3. The van der Waals surface area contributed by atoms with Crippen LogP contribution in [0.3, 0.4) is 0 Å². The maximum Gasteiger partial charge on any atom is 0.244 e. The molecule has 1 saturated heterocycles. The number of likely N-dealkylation sites (N-methyl/N-ethyl adjacent to an activating group) is 1.